The first kappa shape index (κ1) is 21.8. The second kappa shape index (κ2) is 9.66. The van der Waals surface area contributed by atoms with E-state index in [1.165, 1.54) is 18.2 Å². The fraction of sp³-hybridized carbons (Fsp3) is 0.350. The molecular formula is C20H25FN2O4S. The van der Waals surface area contributed by atoms with Crippen LogP contribution in [0.15, 0.2) is 47.4 Å². The summed E-state index contributed by atoms with van der Waals surface area (Å²) in [5, 5.41) is 2.66. The molecule has 1 amide bonds. The summed E-state index contributed by atoms with van der Waals surface area (Å²) in [7, 11) is -3.82. The van der Waals surface area contributed by atoms with Gasteiger partial charge in [-0.3, -0.25) is 4.79 Å². The van der Waals surface area contributed by atoms with Crippen LogP contribution in [-0.4, -0.2) is 38.3 Å². The van der Waals surface area contributed by atoms with Gasteiger partial charge < -0.3 is 10.1 Å². The summed E-state index contributed by atoms with van der Waals surface area (Å²) >= 11 is 0. The molecule has 0 saturated carbocycles. The Morgan fingerprint density at radius 2 is 1.82 bits per heavy atom. The predicted octanol–water partition coefficient (Wildman–Crippen LogP) is 2.86. The highest BCUT2D eigenvalue weighted by molar-refractivity contribution is 7.89. The lowest BCUT2D eigenvalue weighted by Gasteiger charge is -2.20. The van der Waals surface area contributed by atoms with Crippen molar-refractivity contribution >= 4 is 15.9 Å². The number of likely N-dealkylation sites (N-methyl/N-ethyl adjacent to an activating group) is 1. The summed E-state index contributed by atoms with van der Waals surface area (Å²) < 4.78 is 45.3. The number of rotatable bonds is 9. The molecule has 0 bridgehead atoms. The molecule has 0 saturated heterocycles. The highest BCUT2D eigenvalue weighted by atomic mass is 32.2. The van der Waals surface area contributed by atoms with E-state index in [-0.39, 0.29) is 30.3 Å². The maximum atomic E-state index is 12.9. The van der Waals surface area contributed by atoms with Gasteiger partial charge in [-0.25, -0.2) is 12.8 Å². The molecule has 0 aliphatic carbocycles. The van der Waals surface area contributed by atoms with E-state index in [1.54, 1.807) is 38.1 Å². The molecule has 0 aliphatic heterocycles. The molecule has 28 heavy (non-hydrogen) atoms. The molecule has 0 unspecified atom stereocenters. The van der Waals surface area contributed by atoms with E-state index in [0.717, 1.165) is 9.87 Å². The van der Waals surface area contributed by atoms with Crippen molar-refractivity contribution in [1.82, 2.24) is 9.62 Å². The van der Waals surface area contributed by atoms with Crippen LogP contribution in [0.25, 0.3) is 0 Å². The maximum Gasteiger partial charge on any atom is 0.243 e. The molecule has 0 aromatic heterocycles. The minimum atomic E-state index is -3.82. The van der Waals surface area contributed by atoms with Crippen LogP contribution in [0.3, 0.4) is 0 Å². The third-order valence-electron chi connectivity index (χ3n) is 4.16. The number of nitrogens with one attached hydrogen (secondary N) is 1. The minimum absolute atomic E-state index is 0.113. The van der Waals surface area contributed by atoms with Crippen LogP contribution in [-0.2, 0) is 21.4 Å². The second-order valence-corrected chi connectivity index (χ2v) is 8.13. The van der Waals surface area contributed by atoms with Gasteiger partial charge in [0.05, 0.1) is 18.0 Å². The lowest BCUT2D eigenvalue weighted by Crippen LogP contribution is -2.40. The summed E-state index contributed by atoms with van der Waals surface area (Å²) in [6.45, 7) is 5.83. The van der Waals surface area contributed by atoms with Crippen LogP contribution < -0.4 is 10.1 Å². The molecule has 6 nitrogen and oxygen atoms in total. The average molecular weight is 408 g/mol. The van der Waals surface area contributed by atoms with E-state index in [1.807, 2.05) is 6.92 Å². The Kier molecular flexibility index (Phi) is 7.53. The SMILES string of the molecule is CCOc1ccc(S(=O)(=O)N(CC)CC(=O)NCc2ccc(F)cc2)cc1C. The number of sulfonamides is 1. The third-order valence-corrected chi connectivity index (χ3v) is 6.08. The Labute approximate surface area is 165 Å². The van der Waals surface area contributed by atoms with E-state index >= 15 is 0 Å². The Hall–Kier alpha value is -2.45. The Bertz CT molecular complexity index is 914. The first-order valence-corrected chi connectivity index (χ1v) is 10.5. The highest BCUT2D eigenvalue weighted by Gasteiger charge is 2.25. The van der Waals surface area contributed by atoms with Crippen molar-refractivity contribution in [2.75, 3.05) is 19.7 Å². The van der Waals surface area contributed by atoms with Gasteiger partial charge in [0.2, 0.25) is 15.9 Å². The summed E-state index contributed by atoms with van der Waals surface area (Å²) in [5.41, 5.74) is 1.43. The monoisotopic (exact) mass is 408 g/mol. The molecular weight excluding hydrogens is 383 g/mol. The zero-order valence-corrected chi connectivity index (χ0v) is 17.1. The van der Waals surface area contributed by atoms with Gasteiger partial charge in [0.15, 0.2) is 0 Å². The number of carbonyl (C=O) groups excluding carboxylic acids is 1. The van der Waals surface area contributed by atoms with Gasteiger partial charge in [-0.15, -0.1) is 0 Å². The number of hydrogen-bond donors (Lipinski definition) is 1. The van der Waals surface area contributed by atoms with Gasteiger partial charge >= 0.3 is 0 Å². The standard InChI is InChI=1S/C20H25FN2O4S/c1-4-23(14-20(24)22-13-16-6-8-17(21)9-7-16)28(25,26)18-10-11-19(27-5-2)15(3)12-18/h6-12H,4-5,13-14H2,1-3H3,(H,22,24). The zero-order valence-electron chi connectivity index (χ0n) is 16.2. The average Bonchev–Trinajstić information content (AvgIpc) is 2.67. The summed E-state index contributed by atoms with van der Waals surface area (Å²) in [6.07, 6.45) is 0. The fourth-order valence-electron chi connectivity index (χ4n) is 2.63. The van der Waals surface area contributed by atoms with Crippen LogP contribution in [0.2, 0.25) is 0 Å². The molecule has 0 heterocycles. The first-order valence-electron chi connectivity index (χ1n) is 9.02. The molecule has 2 aromatic rings. The summed E-state index contributed by atoms with van der Waals surface area (Å²) in [4.78, 5) is 12.3. The lowest BCUT2D eigenvalue weighted by atomic mass is 10.2. The number of ether oxygens (including phenoxy) is 1. The van der Waals surface area contributed by atoms with Crippen LogP contribution in [0.4, 0.5) is 4.39 Å². The van der Waals surface area contributed by atoms with Gasteiger partial charge in [-0.05, 0) is 55.3 Å². The number of carbonyl (C=O) groups is 1. The highest BCUT2D eigenvalue weighted by Crippen LogP contribution is 2.24. The quantitative estimate of drug-likeness (QED) is 0.692. The lowest BCUT2D eigenvalue weighted by molar-refractivity contribution is -0.121. The van der Waals surface area contributed by atoms with E-state index in [2.05, 4.69) is 5.32 Å². The van der Waals surface area contributed by atoms with Crippen molar-refractivity contribution in [2.45, 2.75) is 32.2 Å². The minimum Gasteiger partial charge on any atom is -0.494 e. The van der Waals surface area contributed by atoms with E-state index < -0.39 is 15.9 Å². The van der Waals surface area contributed by atoms with Crippen LogP contribution in [0, 0.1) is 12.7 Å². The Morgan fingerprint density at radius 3 is 2.39 bits per heavy atom. The number of halogens is 1. The van der Waals surface area contributed by atoms with Crippen molar-refractivity contribution in [3.63, 3.8) is 0 Å². The molecule has 2 aromatic carbocycles. The van der Waals surface area contributed by atoms with Gasteiger partial charge in [0, 0.05) is 13.1 Å². The molecule has 1 N–H and O–H groups in total. The topological polar surface area (TPSA) is 75.7 Å². The van der Waals surface area contributed by atoms with Gasteiger partial charge in [0.25, 0.3) is 0 Å². The zero-order chi connectivity index (χ0) is 20.7. The van der Waals surface area contributed by atoms with Crippen LogP contribution in [0.1, 0.15) is 25.0 Å². The molecule has 0 fully saturated rings. The molecule has 8 heteroatoms. The predicted molar refractivity (Wildman–Crippen MR) is 105 cm³/mol. The van der Waals surface area contributed by atoms with Gasteiger partial charge in [-0.2, -0.15) is 4.31 Å². The molecule has 0 aliphatic rings. The molecule has 2 rings (SSSR count). The number of benzene rings is 2. The number of nitrogens with zero attached hydrogens (tertiary/aromatic N) is 1. The number of amides is 1. The fourth-order valence-corrected chi connectivity index (χ4v) is 4.13. The Balaban J connectivity index is 2.06. The number of aryl methyl sites for hydroxylation is 1. The summed E-state index contributed by atoms with van der Waals surface area (Å²) in [5.74, 6) is -0.164. The van der Waals surface area contributed by atoms with E-state index in [4.69, 9.17) is 4.74 Å². The van der Waals surface area contributed by atoms with E-state index in [0.29, 0.717) is 17.9 Å². The van der Waals surface area contributed by atoms with E-state index in [9.17, 15) is 17.6 Å². The van der Waals surface area contributed by atoms with Gasteiger partial charge in [0.1, 0.15) is 11.6 Å². The third kappa shape index (κ3) is 5.53. The molecule has 0 spiro atoms. The van der Waals surface area contributed by atoms with Crippen molar-refractivity contribution in [2.24, 2.45) is 0 Å². The van der Waals surface area contributed by atoms with Crippen molar-refractivity contribution in [3.05, 3.63) is 59.4 Å². The smallest absolute Gasteiger partial charge is 0.243 e. The largest absolute Gasteiger partial charge is 0.494 e. The van der Waals surface area contributed by atoms with Crippen molar-refractivity contribution in [1.29, 1.82) is 0 Å². The molecule has 0 atom stereocenters. The molecule has 152 valence electrons. The maximum absolute atomic E-state index is 12.9. The van der Waals surface area contributed by atoms with Crippen LogP contribution in [0.5, 0.6) is 5.75 Å². The first-order chi connectivity index (χ1) is 13.3. The Morgan fingerprint density at radius 1 is 1.14 bits per heavy atom. The van der Waals surface area contributed by atoms with Crippen molar-refractivity contribution in [3.8, 4) is 5.75 Å². The molecule has 0 radical (unpaired) electrons. The number of hydrogen-bond acceptors (Lipinski definition) is 4. The normalized spacial score (nSPS) is 11.5. The van der Waals surface area contributed by atoms with Crippen molar-refractivity contribution < 1.29 is 22.3 Å². The second-order valence-electron chi connectivity index (χ2n) is 6.19. The summed E-state index contributed by atoms with van der Waals surface area (Å²) in [6, 6.07) is 10.4. The van der Waals surface area contributed by atoms with Crippen LogP contribution >= 0.6 is 0 Å². The van der Waals surface area contributed by atoms with Gasteiger partial charge in [-0.1, -0.05) is 19.1 Å².